The molecule has 0 saturated carbocycles. The van der Waals surface area contributed by atoms with Crippen LogP contribution in [0.3, 0.4) is 0 Å². The van der Waals surface area contributed by atoms with Gasteiger partial charge in [0.15, 0.2) is 5.76 Å². The van der Waals surface area contributed by atoms with Crippen LogP contribution in [0, 0.1) is 17.0 Å². The number of carbonyl (C=O) groups excluding carboxylic acids is 1. The highest BCUT2D eigenvalue weighted by molar-refractivity contribution is 7.99. The minimum absolute atomic E-state index is 0.0761. The van der Waals surface area contributed by atoms with E-state index in [9.17, 15) is 14.9 Å². The fourth-order valence-corrected chi connectivity index (χ4v) is 4.36. The zero-order chi connectivity index (χ0) is 25.5. The lowest BCUT2D eigenvalue weighted by Crippen LogP contribution is -2.11. The fraction of sp³-hybridized carbons (Fsp3) is 0.107. The van der Waals surface area contributed by atoms with Crippen LogP contribution in [-0.2, 0) is 13.0 Å². The third-order valence-electron chi connectivity index (χ3n) is 5.21. The normalized spacial score (nSPS) is 10.6. The summed E-state index contributed by atoms with van der Waals surface area (Å²) >= 11 is 1.38. The van der Waals surface area contributed by atoms with Gasteiger partial charge in [-0.25, -0.2) is 0 Å². The third-order valence-corrected chi connectivity index (χ3v) is 6.19. The standard InChI is InChI=1S/C28H24N2O5S/c1-3-6-20-7-4-5-8-26(20)34-18-23-11-14-27(35-23)28(31)29-21-15-22(30(32)33)17-25(16-21)36-24-12-9-19(2)10-13-24/h3-5,7-17H,1,6,18H2,2H3,(H,29,31). The first-order chi connectivity index (χ1) is 17.4. The lowest BCUT2D eigenvalue weighted by Gasteiger charge is -2.09. The Labute approximate surface area is 212 Å². The van der Waals surface area contributed by atoms with Gasteiger partial charge in [-0.2, -0.15) is 0 Å². The Morgan fingerprint density at radius 2 is 1.86 bits per heavy atom. The molecular weight excluding hydrogens is 476 g/mol. The first-order valence-corrected chi connectivity index (χ1v) is 12.0. The number of nitrogens with one attached hydrogen (secondary N) is 1. The van der Waals surface area contributed by atoms with Gasteiger partial charge >= 0.3 is 0 Å². The number of anilines is 1. The van der Waals surface area contributed by atoms with Gasteiger partial charge in [-0.05, 0) is 55.3 Å². The van der Waals surface area contributed by atoms with E-state index in [2.05, 4.69) is 11.9 Å². The van der Waals surface area contributed by atoms with Crippen molar-refractivity contribution in [2.75, 3.05) is 5.32 Å². The van der Waals surface area contributed by atoms with Gasteiger partial charge in [0.1, 0.15) is 18.1 Å². The maximum absolute atomic E-state index is 12.8. The molecule has 3 aromatic carbocycles. The topological polar surface area (TPSA) is 94.6 Å². The van der Waals surface area contributed by atoms with E-state index in [4.69, 9.17) is 9.15 Å². The van der Waals surface area contributed by atoms with Gasteiger partial charge in [0, 0.05) is 27.6 Å². The third kappa shape index (κ3) is 6.43. The van der Waals surface area contributed by atoms with Crippen molar-refractivity contribution in [2.24, 2.45) is 0 Å². The molecule has 1 amide bonds. The number of allylic oxidation sites excluding steroid dienone is 1. The molecule has 0 bridgehead atoms. The Bertz CT molecular complexity index is 1400. The average molecular weight is 501 g/mol. The molecule has 36 heavy (non-hydrogen) atoms. The molecule has 0 aliphatic carbocycles. The highest BCUT2D eigenvalue weighted by Gasteiger charge is 2.16. The van der Waals surface area contributed by atoms with Gasteiger partial charge in [-0.1, -0.05) is 53.7 Å². The van der Waals surface area contributed by atoms with E-state index in [1.54, 1.807) is 24.3 Å². The summed E-state index contributed by atoms with van der Waals surface area (Å²) in [4.78, 5) is 25.3. The molecule has 4 rings (SSSR count). The molecule has 0 aliphatic heterocycles. The number of furan rings is 1. The van der Waals surface area contributed by atoms with Crippen LogP contribution in [0.1, 0.15) is 27.4 Å². The number of rotatable bonds is 10. The van der Waals surface area contributed by atoms with E-state index in [0.717, 1.165) is 21.8 Å². The second kappa shape index (κ2) is 11.4. The smallest absolute Gasteiger partial charge is 0.291 e. The predicted molar refractivity (Wildman–Crippen MR) is 140 cm³/mol. The minimum Gasteiger partial charge on any atom is -0.485 e. The first-order valence-electron chi connectivity index (χ1n) is 11.2. The second-order valence-electron chi connectivity index (χ2n) is 8.00. The highest BCUT2D eigenvalue weighted by atomic mass is 32.2. The summed E-state index contributed by atoms with van der Waals surface area (Å²) in [5, 5.41) is 14.2. The molecule has 182 valence electrons. The maximum atomic E-state index is 12.8. The number of nitrogens with zero attached hydrogens (tertiary/aromatic N) is 1. The number of para-hydroxylation sites is 1. The molecule has 7 nitrogen and oxygen atoms in total. The number of ether oxygens (including phenoxy) is 1. The Hall–Kier alpha value is -4.30. The molecule has 0 saturated heterocycles. The molecule has 0 aliphatic rings. The zero-order valence-corrected chi connectivity index (χ0v) is 20.4. The Morgan fingerprint density at radius 1 is 1.08 bits per heavy atom. The van der Waals surface area contributed by atoms with Crippen molar-refractivity contribution in [3.8, 4) is 5.75 Å². The lowest BCUT2D eigenvalue weighted by atomic mass is 10.1. The maximum Gasteiger partial charge on any atom is 0.291 e. The van der Waals surface area contributed by atoms with Crippen molar-refractivity contribution in [1.82, 2.24) is 0 Å². The van der Waals surface area contributed by atoms with E-state index >= 15 is 0 Å². The van der Waals surface area contributed by atoms with Gasteiger partial charge in [0.25, 0.3) is 11.6 Å². The molecule has 0 unspecified atom stereocenters. The molecule has 4 aromatic rings. The molecular formula is C28H24N2O5S. The number of amides is 1. The van der Waals surface area contributed by atoms with Crippen molar-refractivity contribution < 1.29 is 18.9 Å². The number of nitro groups is 1. The highest BCUT2D eigenvalue weighted by Crippen LogP contribution is 2.33. The van der Waals surface area contributed by atoms with Crippen molar-refractivity contribution in [1.29, 1.82) is 0 Å². The summed E-state index contributed by atoms with van der Waals surface area (Å²) in [5.74, 6) is 0.755. The van der Waals surface area contributed by atoms with E-state index < -0.39 is 10.8 Å². The van der Waals surface area contributed by atoms with Crippen LogP contribution in [0.25, 0.3) is 0 Å². The SMILES string of the molecule is C=CCc1ccccc1OCc1ccc(C(=O)Nc2cc(Sc3ccc(C)cc3)cc([N+](=O)[O-])c2)o1. The van der Waals surface area contributed by atoms with Crippen LogP contribution in [0.2, 0.25) is 0 Å². The molecule has 0 radical (unpaired) electrons. The Balaban J connectivity index is 1.45. The molecule has 0 spiro atoms. The fourth-order valence-electron chi connectivity index (χ4n) is 3.45. The number of aryl methyl sites for hydroxylation is 1. The number of nitro benzene ring substituents is 1. The Morgan fingerprint density at radius 3 is 2.61 bits per heavy atom. The number of hydrogen-bond acceptors (Lipinski definition) is 6. The average Bonchev–Trinajstić information content (AvgIpc) is 3.34. The molecule has 8 heteroatoms. The first kappa shape index (κ1) is 24.8. The summed E-state index contributed by atoms with van der Waals surface area (Å²) in [6.45, 7) is 5.90. The van der Waals surface area contributed by atoms with Crippen LogP contribution in [-0.4, -0.2) is 10.8 Å². The lowest BCUT2D eigenvalue weighted by molar-refractivity contribution is -0.385. The van der Waals surface area contributed by atoms with Gasteiger partial charge in [-0.3, -0.25) is 14.9 Å². The van der Waals surface area contributed by atoms with Crippen molar-refractivity contribution in [2.45, 2.75) is 29.7 Å². The van der Waals surface area contributed by atoms with Crippen LogP contribution in [0.15, 0.2) is 106 Å². The second-order valence-corrected chi connectivity index (χ2v) is 9.14. The van der Waals surface area contributed by atoms with E-state index in [-0.39, 0.29) is 18.1 Å². The molecule has 0 atom stereocenters. The summed E-state index contributed by atoms with van der Waals surface area (Å²) in [5.41, 5.74) is 2.31. The number of non-ortho nitro benzene ring substituents is 1. The Kier molecular flexibility index (Phi) is 7.87. The quantitative estimate of drug-likeness (QED) is 0.140. The summed E-state index contributed by atoms with van der Waals surface area (Å²) in [6, 6.07) is 23.2. The van der Waals surface area contributed by atoms with Gasteiger partial charge in [0.2, 0.25) is 0 Å². The monoisotopic (exact) mass is 500 g/mol. The predicted octanol–water partition coefficient (Wildman–Crippen LogP) is 7.21. The summed E-state index contributed by atoms with van der Waals surface area (Å²) < 4.78 is 11.5. The van der Waals surface area contributed by atoms with Crippen LogP contribution in [0.5, 0.6) is 5.75 Å². The van der Waals surface area contributed by atoms with Crippen LogP contribution in [0.4, 0.5) is 11.4 Å². The molecule has 1 aromatic heterocycles. The van der Waals surface area contributed by atoms with Crippen molar-refractivity contribution in [3.05, 3.63) is 124 Å². The molecule has 1 heterocycles. The number of benzene rings is 3. The van der Waals surface area contributed by atoms with Crippen molar-refractivity contribution >= 4 is 29.0 Å². The minimum atomic E-state index is -0.514. The number of hydrogen-bond donors (Lipinski definition) is 1. The van der Waals surface area contributed by atoms with Crippen molar-refractivity contribution in [3.63, 3.8) is 0 Å². The summed E-state index contributed by atoms with van der Waals surface area (Å²) in [7, 11) is 0. The van der Waals surface area contributed by atoms with Crippen LogP contribution >= 0.6 is 11.8 Å². The van der Waals surface area contributed by atoms with E-state index in [0.29, 0.717) is 22.8 Å². The van der Waals surface area contributed by atoms with Gasteiger partial charge in [-0.15, -0.1) is 6.58 Å². The van der Waals surface area contributed by atoms with E-state index in [1.165, 1.54) is 23.9 Å². The van der Waals surface area contributed by atoms with E-state index in [1.807, 2.05) is 55.5 Å². The molecule has 1 N–H and O–H groups in total. The van der Waals surface area contributed by atoms with Gasteiger partial charge in [0.05, 0.1) is 4.92 Å². The largest absolute Gasteiger partial charge is 0.485 e. The summed E-state index contributed by atoms with van der Waals surface area (Å²) in [6.07, 6.45) is 2.48. The number of carbonyl (C=O) groups is 1. The van der Waals surface area contributed by atoms with Gasteiger partial charge < -0.3 is 14.5 Å². The zero-order valence-electron chi connectivity index (χ0n) is 19.6. The van der Waals surface area contributed by atoms with Crippen LogP contribution < -0.4 is 10.1 Å². The molecule has 0 fully saturated rings.